The summed E-state index contributed by atoms with van der Waals surface area (Å²) in [5.74, 6) is -8.19. The molecular weight excluding hydrogens is 972 g/mol. The number of aliphatic carboxylic acids is 1. The molecule has 0 saturated carbocycles. The third kappa shape index (κ3) is 13.4. The number of ether oxygens (including phenoxy) is 1. The number of hydrogen-bond acceptors (Lipinski definition) is 13. The highest BCUT2D eigenvalue weighted by Crippen LogP contribution is 2.43. The minimum absolute atomic E-state index is 0.0328. The standard InChI is InChI=1S/C48H55FN12O11S/c1-60-36-12-9-26(49)19-30(36)47(71)61-17-14-28-29-20-27(10-11-31(29)56-41(28)46(60)61)72-40(66)24-73-23-38(63)52-16-13-33-43(68)57-32(8-5-15-53-48(50)51)42(67)54-22-37(62)55-35(21-39(64)65)45(70)59-34(44(69)58-33)18-25-6-3-2-4-7-25/h2-4,6-7,9-12,19-20,32-35,46,56H,5,8,13-18,21-24H2,1H3,(H,52,63)(H,54,67)(H,55,62)(H,57,68)(H,58,69)(H,59,70)(H,64,65)(H4,50,51,53)/t32-,33-,34-,35-,46?/m0/s1. The van der Waals surface area contributed by atoms with Gasteiger partial charge in [-0.15, -0.1) is 11.8 Å². The summed E-state index contributed by atoms with van der Waals surface area (Å²) < 4.78 is 19.7. The van der Waals surface area contributed by atoms with Crippen molar-refractivity contribution >= 4 is 87.6 Å². The van der Waals surface area contributed by atoms with E-state index in [9.17, 15) is 52.6 Å². The number of carbonyl (C=O) groups is 9. The third-order valence-electron chi connectivity index (χ3n) is 12.3. The number of anilines is 1. The Morgan fingerprint density at radius 2 is 1.58 bits per heavy atom. The van der Waals surface area contributed by atoms with Crippen LogP contribution in [0.2, 0.25) is 0 Å². The molecule has 4 heterocycles. The molecule has 7 rings (SSSR count). The quantitative estimate of drug-likeness (QED) is 0.0221. The van der Waals surface area contributed by atoms with Crippen molar-refractivity contribution in [3.63, 3.8) is 0 Å². The number of benzene rings is 3. The summed E-state index contributed by atoms with van der Waals surface area (Å²) in [5, 5.41) is 25.4. The Balaban J connectivity index is 0.984. The third-order valence-corrected chi connectivity index (χ3v) is 13.2. The first-order valence-corrected chi connectivity index (χ1v) is 24.4. The number of aromatic nitrogens is 1. The molecule has 4 aromatic rings. The zero-order valence-electron chi connectivity index (χ0n) is 39.5. The number of nitrogens with one attached hydrogen (secondary N) is 7. The number of carboxylic acids is 1. The van der Waals surface area contributed by atoms with Crippen molar-refractivity contribution in [1.82, 2.24) is 41.8 Å². The van der Waals surface area contributed by atoms with Crippen LogP contribution in [0.25, 0.3) is 10.9 Å². The van der Waals surface area contributed by atoms with Crippen LogP contribution in [0.4, 0.5) is 10.1 Å². The van der Waals surface area contributed by atoms with Crippen molar-refractivity contribution in [3.05, 3.63) is 94.9 Å². The summed E-state index contributed by atoms with van der Waals surface area (Å²) in [5.41, 5.74) is 14.9. The number of fused-ring (bicyclic) bond motifs is 6. The number of guanidine groups is 1. The van der Waals surface area contributed by atoms with Crippen molar-refractivity contribution < 1.29 is 57.4 Å². The fourth-order valence-corrected chi connectivity index (χ4v) is 9.45. The van der Waals surface area contributed by atoms with Gasteiger partial charge < -0.3 is 68.0 Å². The molecule has 5 atom stereocenters. The number of H-pyrrole nitrogens is 1. The van der Waals surface area contributed by atoms with Crippen LogP contribution in [0.1, 0.15) is 59.0 Å². The zero-order valence-corrected chi connectivity index (χ0v) is 40.4. The van der Waals surface area contributed by atoms with E-state index in [1.807, 2.05) is 11.9 Å². The Bertz CT molecular complexity index is 2830. The van der Waals surface area contributed by atoms with E-state index in [0.717, 1.165) is 33.9 Å². The van der Waals surface area contributed by atoms with E-state index in [0.29, 0.717) is 29.8 Å². The van der Waals surface area contributed by atoms with Crippen molar-refractivity contribution in [2.45, 2.75) is 68.9 Å². The Morgan fingerprint density at radius 3 is 2.32 bits per heavy atom. The molecule has 1 fully saturated rings. The first-order valence-electron chi connectivity index (χ1n) is 23.3. The number of aromatic amines is 1. The molecule has 0 radical (unpaired) electrons. The first-order chi connectivity index (χ1) is 34.9. The minimum atomic E-state index is -1.66. The molecule has 12 N–H and O–H groups in total. The average molecular weight is 1030 g/mol. The molecule has 0 bridgehead atoms. The number of rotatable bonds is 16. The largest absolute Gasteiger partial charge is 0.481 e. The molecule has 0 spiro atoms. The molecule has 1 saturated heterocycles. The lowest BCUT2D eigenvalue weighted by molar-refractivity contribution is -0.141. The van der Waals surface area contributed by atoms with Crippen molar-refractivity contribution in [2.75, 3.05) is 49.6 Å². The predicted octanol–water partition coefficient (Wildman–Crippen LogP) is -0.561. The van der Waals surface area contributed by atoms with Crippen LogP contribution in [0.15, 0.2) is 71.7 Å². The summed E-state index contributed by atoms with van der Waals surface area (Å²) in [4.78, 5) is 130. The van der Waals surface area contributed by atoms with Gasteiger partial charge in [-0.2, -0.15) is 0 Å². The Hall–Kier alpha value is -8.22. The van der Waals surface area contributed by atoms with Gasteiger partial charge in [0.2, 0.25) is 35.4 Å². The van der Waals surface area contributed by atoms with Crippen LogP contribution in [0.5, 0.6) is 5.75 Å². The molecule has 0 aliphatic carbocycles. The minimum Gasteiger partial charge on any atom is -0.481 e. The number of hydrogen-bond donors (Lipinski definition) is 10. The van der Waals surface area contributed by atoms with Crippen LogP contribution in [0, 0.1) is 5.82 Å². The summed E-state index contributed by atoms with van der Waals surface area (Å²) in [6.45, 7) is -0.431. The highest BCUT2D eigenvalue weighted by molar-refractivity contribution is 8.00. The topological polar surface area (TPSA) is 342 Å². The average Bonchev–Trinajstić information content (AvgIpc) is 3.72. The van der Waals surface area contributed by atoms with Gasteiger partial charge in [0, 0.05) is 44.0 Å². The lowest BCUT2D eigenvalue weighted by atomic mass is 9.96. The van der Waals surface area contributed by atoms with Gasteiger partial charge in [0.1, 0.15) is 41.9 Å². The van der Waals surface area contributed by atoms with Crippen molar-refractivity contribution in [2.24, 2.45) is 16.5 Å². The fraction of sp³-hybridized carbons (Fsp3) is 0.375. The lowest BCUT2D eigenvalue weighted by Crippen LogP contribution is -2.58. The maximum absolute atomic E-state index is 14.1. The number of aliphatic imine (C=N–C) groups is 1. The van der Waals surface area contributed by atoms with Gasteiger partial charge in [0.05, 0.1) is 41.4 Å². The second-order valence-corrected chi connectivity index (χ2v) is 18.5. The van der Waals surface area contributed by atoms with E-state index in [4.69, 9.17) is 16.2 Å². The van der Waals surface area contributed by atoms with Crippen molar-refractivity contribution in [1.29, 1.82) is 0 Å². The fourth-order valence-electron chi connectivity index (χ4n) is 8.83. The van der Waals surface area contributed by atoms with Gasteiger partial charge in [0.15, 0.2) is 5.96 Å². The van der Waals surface area contributed by atoms with Gasteiger partial charge >= 0.3 is 11.9 Å². The van der Waals surface area contributed by atoms with Crippen LogP contribution in [0.3, 0.4) is 0 Å². The summed E-state index contributed by atoms with van der Waals surface area (Å²) >= 11 is 0.966. The van der Waals surface area contributed by atoms with E-state index >= 15 is 0 Å². The molecule has 7 amide bonds. The summed E-state index contributed by atoms with van der Waals surface area (Å²) in [6.07, 6.45) is -1.01. The number of nitrogens with two attached hydrogens (primary N) is 2. The Labute approximate surface area is 421 Å². The maximum atomic E-state index is 14.1. The van der Waals surface area contributed by atoms with Crippen LogP contribution < -0.4 is 53.0 Å². The predicted molar refractivity (Wildman–Crippen MR) is 264 cm³/mol. The monoisotopic (exact) mass is 1030 g/mol. The van der Waals surface area contributed by atoms with E-state index in [1.165, 1.54) is 12.1 Å². The van der Waals surface area contributed by atoms with Crippen LogP contribution >= 0.6 is 11.8 Å². The molecule has 386 valence electrons. The lowest BCUT2D eigenvalue weighted by Gasteiger charge is -2.46. The number of esters is 1. The Kier molecular flexibility index (Phi) is 17.1. The molecule has 1 aromatic heterocycles. The maximum Gasteiger partial charge on any atom is 0.321 e. The summed E-state index contributed by atoms with van der Waals surface area (Å²) in [6, 6.07) is 12.0. The normalized spacial score (nSPS) is 20.3. The van der Waals surface area contributed by atoms with Gasteiger partial charge in [0.25, 0.3) is 5.91 Å². The molecule has 73 heavy (non-hydrogen) atoms. The molecular formula is C48H55FN12O11S. The van der Waals surface area contributed by atoms with E-state index < -0.39 is 96.5 Å². The molecule has 3 aromatic carbocycles. The van der Waals surface area contributed by atoms with Crippen LogP contribution in [-0.4, -0.2) is 143 Å². The molecule has 25 heteroatoms. The molecule has 3 aliphatic rings. The van der Waals surface area contributed by atoms with E-state index in [-0.39, 0.29) is 67.9 Å². The zero-order chi connectivity index (χ0) is 52.3. The van der Waals surface area contributed by atoms with Crippen molar-refractivity contribution in [3.8, 4) is 5.75 Å². The second-order valence-electron chi connectivity index (χ2n) is 17.5. The number of thioether (sulfide) groups is 1. The molecule has 1 unspecified atom stereocenters. The van der Waals surface area contributed by atoms with E-state index in [2.05, 4.69) is 41.9 Å². The van der Waals surface area contributed by atoms with Gasteiger partial charge in [-0.25, -0.2) is 4.39 Å². The van der Waals surface area contributed by atoms with Crippen LogP contribution in [-0.2, 0) is 51.2 Å². The molecule has 3 aliphatic heterocycles. The van der Waals surface area contributed by atoms with Gasteiger partial charge in [-0.1, -0.05) is 30.3 Å². The SMILES string of the molecule is CN1c2ccc(F)cc2C(=O)N2CCc3c([nH]c4ccc(OC(=O)CSCC(=O)NCC[C@@H]5NC(=O)[C@H](Cc6ccccc6)NC(=O)[C@H](CC(=O)O)NC(=O)CNC(=O)[C@H](CCCN=C(N)N)NC5=O)cc34)C21. The smallest absolute Gasteiger partial charge is 0.321 e. The highest BCUT2D eigenvalue weighted by Gasteiger charge is 2.42. The number of carboxylic acid groups (broad SMARTS) is 1. The Morgan fingerprint density at radius 1 is 0.863 bits per heavy atom. The number of carbonyl (C=O) groups excluding carboxylic acids is 8. The number of halogens is 1. The first kappa shape index (κ1) is 52.6. The highest BCUT2D eigenvalue weighted by atomic mass is 32.2. The van der Waals surface area contributed by atoms with Gasteiger partial charge in [-0.3, -0.25) is 48.1 Å². The van der Waals surface area contributed by atoms with E-state index in [1.54, 1.807) is 59.5 Å². The molecule has 23 nitrogen and oxygen atoms in total. The van der Waals surface area contributed by atoms with Gasteiger partial charge in [-0.05, 0) is 73.2 Å². The number of amides is 7. The summed E-state index contributed by atoms with van der Waals surface area (Å²) in [7, 11) is 1.84. The second kappa shape index (κ2) is 23.8. The number of nitrogens with zero attached hydrogens (tertiary/aromatic N) is 3.